The number of carbonyl (C=O) groups is 1. The molecule has 4 rings (SSSR count). The van der Waals surface area contributed by atoms with Crippen molar-refractivity contribution in [2.45, 2.75) is 13.0 Å². The molecule has 0 spiro atoms. The third kappa shape index (κ3) is 4.46. The quantitative estimate of drug-likeness (QED) is 0.428. The van der Waals surface area contributed by atoms with Crippen LogP contribution in [0.1, 0.15) is 11.6 Å². The summed E-state index contributed by atoms with van der Waals surface area (Å²) in [6.45, 7) is -0.113. The molecule has 1 aromatic carbocycles. The van der Waals surface area contributed by atoms with Crippen LogP contribution in [0, 0.1) is 0 Å². The first-order valence-corrected chi connectivity index (χ1v) is 9.58. The molecule has 0 bridgehead atoms. The summed E-state index contributed by atoms with van der Waals surface area (Å²) in [6.07, 6.45) is 1.76. The lowest BCUT2D eigenvalue weighted by Gasteiger charge is -2.03. The van der Waals surface area contributed by atoms with Gasteiger partial charge in [0.05, 0.1) is 30.5 Å². The van der Waals surface area contributed by atoms with E-state index in [1.165, 1.54) is 11.3 Å². The Labute approximate surface area is 170 Å². The van der Waals surface area contributed by atoms with Crippen LogP contribution >= 0.6 is 11.3 Å². The summed E-state index contributed by atoms with van der Waals surface area (Å²) in [5, 5.41) is 6.49. The second-order valence-electron chi connectivity index (χ2n) is 5.91. The number of pyridine rings is 1. The number of benzene rings is 1. The van der Waals surface area contributed by atoms with Crippen molar-refractivity contribution in [3.63, 3.8) is 0 Å². The number of aromatic nitrogens is 4. The normalized spacial score (nSPS) is 10.7. The van der Waals surface area contributed by atoms with Gasteiger partial charge in [0.1, 0.15) is 10.8 Å². The number of thiazole rings is 1. The SMILES string of the molecule is COc1ccccc1-c1noc(COC(=O)Cc2csc(-c3ccccn3)n2)n1. The second-order valence-corrected chi connectivity index (χ2v) is 6.77. The molecule has 4 aromatic rings. The van der Waals surface area contributed by atoms with Crippen LogP contribution in [0.3, 0.4) is 0 Å². The van der Waals surface area contributed by atoms with Gasteiger partial charge in [0.25, 0.3) is 5.89 Å². The number of hydrogen-bond acceptors (Lipinski definition) is 9. The van der Waals surface area contributed by atoms with Crippen molar-refractivity contribution in [2.75, 3.05) is 7.11 Å². The molecule has 0 aliphatic rings. The number of rotatable bonds is 7. The zero-order valence-electron chi connectivity index (χ0n) is 15.4. The van der Waals surface area contributed by atoms with Crippen LogP contribution in [0.25, 0.3) is 22.1 Å². The van der Waals surface area contributed by atoms with E-state index in [0.29, 0.717) is 22.8 Å². The molecule has 0 aliphatic carbocycles. The Bertz CT molecular complexity index is 1110. The Morgan fingerprint density at radius 1 is 1.14 bits per heavy atom. The van der Waals surface area contributed by atoms with Gasteiger partial charge in [-0.1, -0.05) is 23.4 Å². The number of para-hydroxylation sites is 1. The predicted molar refractivity (Wildman–Crippen MR) is 105 cm³/mol. The van der Waals surface area contributed by atoms with Gasteiger partial charge in [0, 0.05) is 11.6 Å². The Kier molecular flexibility index (Phi) is 5.57. The van der Waals surface area contributed by atoms with E-state index in [-0.39, 0.29) is 18.9 Å². The van der Waals surface area contributed by atoms with Crippen molar-refractivity contribution in [2.24, 2.45) is 0 Å². The zero-order valence-corrected chi connectivity index (χ0v) is 16.3. The van der Waals surface area contributed by atoms with Gasteiger partial charge >= 0.3 is 5.97 Å². The third-order valence-corrected chi connectivity index (χ3v) is 4.85. The monoisotopic (exact) mass is 408 g/mol. The molecule has 0 amide bonds. The molecule has 0 atom stereocenters. The second kappa shape index (κ2) is 8.61. The van der Waals surface area contributed by atoms with Crippen molar-refractivity contribution >= 4 is 17.3 Å². The zero-order chi connectivity index (χ0) is 20.1. The highest BCUT2D eigenvalue weighted by molar-refractivity contribution is 7.13. The number of nitrogens with zero attached hydrogens (tertiary/aromatic N) is 4. The smallest absolute Gasteiger partial charge is 0.312 e. The van der Waals surface area contributed by atoms with E-state index in [1.54, 1.807) is 19.4 Å². The maximum absolute atomic E-state index is 12.1. The molecule has 0 saturated heterocycles. The molecular weight excluding hydrogens is 392 g/mol. The fourth-order valence-electron chi connectivity index (χ4n) is 2.59. The van der Waals surface area contributed by atoms with Gasteiger partial charge in [0.15, 0.2) is 6.61 Å². The summed E-state index contributed by atoms with van der Waals surface area (Å²) < 4.78 is 15.7. The standard InChI is InChI=1S/C20H16N4O4S/c1-26-16-8-3-2-6-14(16)19-23-17(28-24-19)11-27-18(25)10-13-12-29-20(22-13)15-7-4-5-9-21-15/h2-9,12H,10-11H2,1H3. The first-order valence-electron chi connectivity index (χ1n) is 8.70. The average Bonchev–Trinajstić information content (AvgIpc) is 3.42. The lowest BCUT2D eigenvalue weighted by atomic mass is 10.2. The molecule has 3 heterocycles. The van der Waals surface area contributed by atoms with Gasteiger partial charge in [-0.3, -0.25) is 9.78 Å². The van der Waals surface area contributed by atoms with Gasteiger partial charge in [0.2, 0.25) is 5.82 Å². The highest BCUT2D eigenvalue weighted by Gasteiger charge is 2.15. The van der Waals surface area contributed by atoms with Gasteiger partial charge in [-0.15, -0.1) is 11.3 Å². The summed E-state index contributed by atoms with van der Waals surface area (Å²) in [7, 11) is 1.57. The van der Waals surface area contributed by atoms with E-state index in [2.05, 4.69) is 20.1 Å². The maximum Gasteiger partial charge on any atom is 0.312 e. The number of ether oxygens (including phenoxy) is 2. The molecule has 0 radical (unpaired) electrons. The van der Waals surface area contributed by atoms with Crippen molar-refractivity contribution in [1.82, 2.24) is 20.1 Å². The topological polar surface area (TPSA) is 100 Å². The molecule has 0 N–H and O–H groups in total. The fraction of sp³-hybridized carbons (Fsp3) is 0.150. The van der Waals surface area contributed by atoms with E-state index >= 15 is 0 Å². The van der Waals surface area contributed by atoms with E-state index in [9.17, 15) is 4.79 Å². The Balaban J connectivity index is 1.35. The van der Waals surface area contributed by atoms with Crippen LogP contribution in [-0.4, -0.2) is 33.2 Å². The van der Waals surface area contributed by atoms with Gasteiger partial charge < -0.3 is 14.0 Å². The number of carbonyl (C=O) groups excluding carboxylic acids is 1. The number of esters is 1. The maximum atomic E-state index is 12.1. The van der Waals surface area contributed by atoms with Gasteiger partial charge in [-0.05, 0) is 24.3 Å². The lowest BCUT2D eigenvalue weighted by Crippen LogP contribution is -2.08. The number of hydrogen-bond donors (Lipinski definition) is 0. The minimum atomic E-state index is -0.431. The van der Waals surface area contributed by atoms with Crippen LogP contribution in [0.5, 0.6) is 5.75 Å². The largest absolute Gasteiger partial charge is 0.496 e. The van der Waals surface area contributed by atoms with Crippen LogP contribution in [0.2, 0.25) is 0 Å². The van der Waals surface area contributed by atoms with E-state index in [4.69, 9.17) is 14.0 Å². The summed E-state index contributed by atoms with van der Waals surface area (Å²) >= 11 is 1.43. The highest BCUT2D eigenvalue weighted by atomic mass is 32.1. The molecule has 3 aromatic heterocycles. The minimum absolute atomic E-state index is 0.0524. The lowest BCUT2D eigenvalue weighted by molar-refractivity contribution is -0.144. The first-order chi connectivity index (χ1) is 14.2. The van der Waals surface area contributed by atoms with Crippen LogP contribution in [0.4, 0.5) is 0 Å². The average molecular weight is 408 g/mol. The van der Waals surface area contributed by atoms with Crippen LogP contribution < -0.4 is 4.74 Å². The van der Waals surface area contributed by atoms with Gasteiger partial charge in [-0.2, -0.15) is 4.98 Å². The van der Waals surface area contributed by atoms with Crippen LogP contribution in [0.15, 0.2) is 58.6 Å². The van der Waals surface area contributed by atoms with E-state index in [1.807, 2.05) is 41.8 Å². The molecule has 0 fully saturated rings. The summed E-state index contributed by atoms with van der Waals surface area (Å²) in [5.41, 5.74) is 2.09. The first kappa shape index (κ1) is 18.8. The summed E-state index contributed by atoms with van der Waals surface area (Å²) in [5.74, 6) is 0.767. The van der Waals surface area contributed by atoms with Gasteiger partial charge in [-0.25, -0.2) is 4.98 Å². The molecule has 29 heavy (non-hydrogen) atoms. The van der Waals surface area contributed by atoms with Crippen molar-refractivity contribution in [3.05, 3.63) is 65.6 Å². The highest BCUT2D eigenvalue weighted by Crippen LogP contribution is 2.27. The summed E-state index contributed by atoms with van der Waals surface area (Å²) in [4.78, 5) is 25.1. The van der Waals surface area contributed by atoms with Crippen molar-refractivity contribution in [1.29, 1.82) is 0 Å². The van der Waals surface area contributed by atoms with Crippen molar-refractivity contribution in [3.8, 4) is 27.8 Å². The molecule has 8 nitrogen and oxygen atoms in total. The third-order valence-electron chi connectivity index (χ3n) is 3.93. The van der Waals surface area contributed by atoms with E-state index in [0.717, 1.165) is 10.7 Å². The Morgan fingerprint density at radius 2 is 2.00 bits per heavy atom. The fourth-order valence-corrected chi connectivity index (χ4v) is 3.38. The van der Waals surface area contributed by atoms with Crippen LogP contribution in [-0.2, 0) is 22.6 Å². The minimum Gasteiger partial charge on any atom is -0.496 e. The molecular formula is C20H16N4O4S. The number of methoxy groups -OCH3 is 1. The molecule has 0 unspecified atom stereocenters. The molecule has 146 valence electrons. The summed E-state index contributed by atoms with van der Waals surface area (Å²) in [6, 6.07) is 12.9. The molecule has 9 heteroatoms. The van der Waals surface area contributed by atoms with Crippen molar-refractivity contribution < 1.29 is 18.8 Å². The Morgan fingerprint density at radius 3 is 2.83 bits per heavy atom. The van der Waals surface area contributed by atoms with E-state index < -0.39 is 5.97 Å². The molecule has 0 aliphatic heterocycles. The Hall–Kier alpha value is -3.59. The molecule has 0 saturated carbocycles. The predicted octanol–water partition coefficient (Wildman–Crippen LogP) is 3.55.